The second kappa shape index (κ2) is 8.48. The molecule has 3 aromatic rings. The topological polar surface area (TPSA) is 46.9 Å². The van der Waals surface area contributed by atoms with Gasteiger partial charge in [0.1, 0.15) is 5.82 Å². The lowest BCUT2D eigenvalue weighted by molar-refractivity contribution is -0.116. The zero-order valence-corrected chi connectivity index (χ0v) is 15.4. The smallest absolute Gasteiger partial charge is 0.244 e. The molecule has 0 aliphatic carbocycles. The minimum absolute atomic E-state index is 0.0830. The summed E-state index contributed by atoms with van der Waals surface area (Å²) < 4.78 is 2.27. The summed E-state index contributed by atoms with van der Waals surface area (Å²) in [5.41, 5.74) is 3.19. The first-order valence-electron chi connectivity index (χ1n) is 9.08. The van der Waals surface area contributed by atoms with Gasteiger partial charge in [-0.1, -0.05) is 56.3 Å². The predicted octanol–water partition coefficient (Wildman–Crippen LogP) is 4.06. The van der Waals surface area contributed by atoms with E-state index in [1.165, 1.54) is 0 Å². The predicted molar refractivity (Wildman–Crippen MR) is 107 cm³/mol. The molecule has 1 heterocycles. The van der Waals surface area contributed by atoms with Gasteiger partial charge >= 0.3 is 0 Å². The van der Waals surface area contributed by atoms with Crippen LogP contribution < -0.4 is 5.32 Å². The zero-order chi connectivity index (χ0) is 18.4. The lowest BCUT2D eigenvalue weighted by Gasteiger charge is -2.12. The molecule has 0 saturated heterocycles. The fourth-order valence-electron chi connectivity index (χ4n) is 2.98. The number of hydrogen-bond donors (Lipinski definition) is 1. The Kier molecular flexibility index (Phi) is 5.84. The van der Waals surface area contributed by atoms with Gasteiger partial charge < -0.3 is 9.88 Å². The third-order valence-electron chi connectivity index (χ3n) is 4.16. The number of fused-ring (bicyclic) bond motifs is 1. The maximum atomic E-state index is 12.0. The van der Waals surface area contributed by atoms with E-state index in [1.54, 1.807) is 6.08 Å². The van der Waals surface area contributed by atoms with Gasteiger partial charge in [0, 0.05) is 25.6 Å². The molecule has 4 nitrogen and oxygen atoms in total. The first-order valence-corrected chi connectivity index (χ1v) is 9.08. The molecule has 2 aromatic carbocycles. The molecule has 0 radical (unpaired) electrons. The van der Waals surface area contributed by atoms with Crippen molar-refractivity contribution in [2.45, 2.75) is 26.8 Å². The number of imidazole rings is 1. The van der Waals surface area contributed by atoms with E-state index >= 15 is 0 Å². The lowest BCUT2D eigenvalue weighted by atomic mass is 10.2. The van der Waals surface area contributed by atoms with Crippen LogP contribution >= 0.6 is 0 Å². The summed E-state index contributed by atoms with van der Waals surface area (Å²) in [5.74, 6) is 1.47. The standard InChI is InChI=1S/C22H25N3O/c1-17(2)16-25-20-11-7-6-10-19(20)24-21(25)14-15-23-22(26)13-12-18-8-4-3-5-9-18/h3-13,17H,14-16H2,1-2H3,(H,23,26)/b13-12+. The molecule has 134 valence electrons. The molecule has 3 rings (SSSR count). The number of para-hydroxylation sites is 2. The summed E-state index contributed by atoms with van der Waals surface area (Å²) >= 11 is 0. The van der Waals surface area contributed by atoms with Crippen LogP contribution in [0.1, 0.15) is 25.2 Å². The average molecular weight is 347 g/mol. The minimum atomic E-state index is -0.0830. The molecule has 1 amide bonds. The van der Waals surface area contributed by atoms with Crippen molar-refractivity contribution >= 4 is 23.0 Å². The van der Waals surface area contributed by atoms with Gasteiger partial charge in [0.25, 0.3) is 0 Å². The summed E-state index contributed by atoms with van der Waals surface area (Å²) in [6.07, 6.45) is 4.11. The highest BCUT2D eigenvalue weighted by Gasteiger charge is 2.11. The number of rotatable bonds is 7. The summed E-state index contributed by atoms with van der Waals surface area (Å²) in [6, 6.07) is 18.0. The van der Waals surface area contributed by atoms with Gasteiger partial charge in [-0.2, -0.15) is 0 Å². The SMILES string of the molecule is CC(C)Cn1c(CCNC(=O)/C=C/c2ccccc2)nc2ccccc21. The number of carbonyl (C=O) groups is 1. The number of nitrogens with one attached hydrogen (secondary N) is 1. The molecule has 0 atom stereocenters. The Bertz CT molecular complexity index is 894. The summed E-state index contributed by atoms with van der Waals surface area (Å²) in [7, 11) is 0. The largest absolute Gasteiger partial charge is 0.352 e. The summed E-state index contributed by atoms with van der Waals surface area (Å²) in [4.78, 5) is 16.8. The van der Waals surface area contributed by atoms with Gasteiger partial charge in [-0.15, -0.1) is 0 Å². The Morgan fingerprint density at radius 3 is 2.62 bits per heavy atom. The number of benzene rings is 2. The first-order chi connectivity index (χ1) is 12.6. The molecule has 4 heteroatoms. The van der Waals surface area contributed by atoms with E-state index in [4.69, 9.17) is 4.98 Å². The number of hydrogen-bond acceptors (Lipinski definition) is 2. The fraction of sp³-hybridized carbons (Fsp3) is 0.273. The van der Waals surface area contributed by atoms with Crippen molar-refractivity contribution in [3.63, 3.8) is 0 Å². The highest BCUT2D eigenvalue weighted by atomic mass is 16.1. The van der Waals surface area contributed by atoms with Crippen LogP contribution in [0, 0.1) is 5.92 Å². The van der Waals surface area contributed by atoms with E-state index in [1.807, 2.05) is 54.6 Å². The van der Waals surface area contributed by atoms with Gasteiger partial charge in [-0.05, 0) is 29.7 Å². The molecule has 0 unspecified atom stereocenters. The zero-order valence-electron chi connectivity index (χ0n) is 15.4. The van der Waals surface area contributed by atoms with E-state index in [9.17, 15) is 4.79 Å². The Labute approximate surface area is 154 Å². The van der Waals surface area contributed by atoms with Crippen molar-refractivity contribution in [2.24, 2.45) is 5.92 Å². The van der Waals surface area contributed by atoms with Crippen molar-refractivity contribution in [1.29, 1.82) is 0 Å². The number of aromatic nitrogens is 2. The van der Waals surface area contributed by atoms with Crippen LogP contribution in [0.25, 0.3) is 17.1 Å². The van der Waals surface area contributed by atoms with Crippen molar-refractivity contribution in [3.05, 3.63) is 72.1 Å². The van der Waals surface area contributed by atoms with Crippen LogP contribution in [0.3, 0.4) is 0 Å². The number of nitrogens with zero attached hydrogens (tertiary/aromatic N) is 2. The molecule has 0 aliphatic heterocycles. The van der Waals surface area contributed by atoms with Crippen LogP contribution in [-0.2, 0) is 17.8 Å². The van der Waals surface area contributed by atoms with E-state index < -0.39 is 0 Å². The van der Waals surface area contributed by atoms with Gasteiger partial charge in [0.2, 0.25) is 5.91 Å². The highest BCUT2D eigenvalue weighted by Crippen LogP contribution is 2.18. The Morgan fingerprint density at radius 1 is 1.12 bits per heavy atom. The van der Waals surface area contributed by atoms with Crippen molar-refractivity contribution in [3.8, 4) is 0 Å². The van der Waals surface area contributed by atoms with Crippen LogP contribution in [-0.4, -0.2) is 22.0 Å². The normalized spacial score (nSPS) is 11.5. The van der Waals surface area contributed by atoms with Crippen LogP contribution in [0.5, 0.6) is 0 Å². The summed E-state index contributed by atoms with van der Waals surface area (Å²) in [6.45, 7) is 5.90. The number of amides is 1. The Morgan fingerprint density at radius 2 is 1.85 bits per heavy atom. The van der Waals surface area contributed by atoms with E-state index in [2.05, 4.69) is 29.8 Å². The summed E-state index contributed by atoms with van der Waals surface area (Å²) in [5, 5.41) is 2.95. The molecule has 0 bridgehead atoms. The Hall–Kier alpha value is -2.88. The van der Waals surface area contributed by atoms with Gasteiger partial charge in [-0.25, -0.2) is 4.98 Å². The Balaban J connectivity index is 1.62. The molecule has 26 heavy (non-hydrogen) atoms. The van der Waals surface area contributed by atoms with E-state index in [0.717, 1.165) is 29.0 Å². The maximum absolute atomic E-state index is 12.0. The monoisotopic (exact) mass is 347 g/mol. The average Bonchev–Trinajstić information content (AvgIpc) is 2.98. The molecule has 0 saturated carbocycles. The minimum Gasteiger partial charge on any atom is -0.352 e. The van der Waals surface area contributed by atoms with Gasteiger partial charge in [0.05, 0.1) is 11.0 Å². The quantitative estimate of drug-likeness (QED) is 0.655. The third-order valence-corrected chi connectivity index (χ3v) is 4.16. The molecule has 0 spiro atoms. The lowest BCUT2D eigenvalue weighted by Crippen LogP contribution is -2.24. The van der Waals surface area contributed by atoms with Crippen molar-refractivity contribution < 1.29 is 4.79 Å². The highest BCUT2D eigenvalue weighted by molar-refractivity contribution is 5.91. The molecule has 1 aromatic heterocycles. The fourth-order valence-corrected chi connectivity index (χ4v) is 2.98. The third kappa shape index (κ3) is 4.60. The van der Waals surface area contributed by atoms with E-state index in [0.29, 0.717) is 18.9 Å². The molecule has 1 N–H and O–H groups in total. The van der Waals surface area contributed by atoms with Crippen molar-refractivity contribution in [1.82, 2.24) is 14.9 Å². The molecular weight excluding hydrogens is 322 g/mol. The van der Waals surface area contributed by atoms with Gasteiger partial charge in [-0.3, -0.25) is 4.79 Å². The first kappa shape index (κ1) is 17.9. The van der Waals surface area contributed by atoms with Crippen LogP contribution in [0.2, 0.25) is 0 Å². The van der Waals surface area contributed by atoms with Crippen molar-refractivity contribution in [2.75, 3.05) is 6.54 Å². The van der Waals surface area contributed by atoms with Crippen LogP contribution in [0.15, 0.2) is 60.7 Å². The molecular formula is C22H25N3O. The second-order valence-electron chi connectivity index (χ2n) is 6.81. The molecule has 0 fully saturated rings. The van der Waals surface area contributed by atoms with Crippen LogP contribution in [0.4, 0.5) is 0 Å². The number of carbonyl (C=O) groups excluding carboxylic acids is 1. The second-order valence-corrected chi connectivity index (χ2v) is 6.81. The van der Waals surface area contributed by atoms with Gasteiger partial charge in [0.15, 0.2) is 0 Å². The van der Waals surface area contributed by atoms with E-state index in [-0.39, 0.29) is 5.91 Å². The maximum Gasteiger partial charge on any atom is 0.244 e. The molecule has 0 aliphatic rings.